The summed E-state index contributed by atoms with van der Waals surface area (Å²) >= 11 is 0. The molecule has 1 atom stereocenters. The van der Waals surface area contributed by atoms with Crippen LogP contribution >= 0.6 is 0 Å². The lowest BCUT2D eigenvalue weighted by Gasteiger charge is -2.25. The lowest BCUT2D eigenvalue weighted by atomic mass is 10.0. The largest absolute Gasteiger partial charge is 0.332 e. The number of sulfonamides is 1. The molecule has 160 valence electrons. The first-order valence-corrected chi connectivity index (χ1v) is 11.9. The molecule has 1 fully saturated rings. The van der Waals surface area contributed by atoms with Crippen molar-refractivity contribution in [3.8, 4) is 0 Å². The summed E-state index contributed by atoms with van der Waals surface area (Å²) in [7, 11) is -3.74. The zero-order valence-electron chi connectivity index (χ0n) is 17.7. The minimum absolute atomic E-state index is 0.0584. The van der Waals surface area contributed by atoms with Crippen LogP contribution in [0.25, 0.3) is 0 Å². The van der Waals surface area contributed by atoms with E-state index in [1.807, 2.05) is 61.2 Å². The summed E-state index contributed by atoms with van der Waals surface area (Å²) in [6.45, 7) is 4.52. The Morgan fingerprint density at radius 1 is 0.935 bits per heavy atom. The first kappa shape index (κ1) is 21.1. The average molecular weight is 435 g/mol. The normalized spacial score (nSPS) is 16.3. The molecule has 0 aromatic heterocycles. The smallest absolute Gasteiger partial charge is 0.261 e. The highest BCUT2D eigenvalue weighted by Gasteiger charge is 2.30. The van der Waals surface area contributed by atoms with Crippen LogP contribution in [0.3, 0.4) is 0 Å². The SMILES string of the molecule is Cc1cccc(NS(=O)(=O)c2ccc(C(=O)N3CCCC3c3ccccc3)cc2)c1C. The molecular formula is C25H26N2O3S. The molecule has 0 aliphatic carbocycles. The van der Waals surface area contributed by atoms with E-state index in [1.165, 1.54) is 12.1 Å². The van der Waals surface area contributed by atoms with Gasteiger partial charge in [0.2, 0.25) is 0 Å². The number of hydrogen-bond acceptors (Lipinski definition) is 3. The number of aryl methyl sites for hydroxylation is 1. The summed E-state index contributed by atoms with van der Waals surface area (Å²) < 4.78 is 28.3. The lowest BCUT2D eigenvalue weighted by molar-refractivity contribution is 0.0735. The molecule has 0 bridgehead atoms. The van der Waals surface area contributed by atoms with E-state index in [9.17, 15) is 13.2 Å². The van der Waals surface area contributed by atoms with E-state index in [1.54, 1.807) is 18.2 Å². The molecule has 6 heteroatoms. The third kappa shape index (κ3) is 4.35. The molecule has 1 heterocycles. The number of hydrogen-bond donors (Lipinski definition) is 1. The Kier molecular flexibility index (Phi) is 5.83. The van der Waals surface area contributed by atoms with Gasteiger partial charge in [-0.25, -0.2) is 8.42 Å². The number of carbonyl (C=O) groups is 1. The highest BCUT2D eigenvalue weighted by atomic mass is 32.2. The van der Waals surface area contributed by atoms with Crippen LogP contribution in [0.1, 0.15) is 45.9 Å². The zero-order valence-corrected chi connectivity index (χ0v) is 18.5. The number of nitrogens with zero attached hydrogens (tertiary/aromatic N) is 1. The van der Waals surface area contributed by atoms with Crippen molar-refractivity contribution in [1.29, 1.82) is 0 Å². The van der Waals surface area contributed by atoms with Crippen molar-refractivity contribution in [2.24, 2.45) is 0 Å². The molecule has 5 nitrogen and oxygen atoms in total. The van der Waals surface area contributed by atoms with Gasteiger partial charge >= 0.3 is 0 Å². The van der Waals surface area contributed by atoms with Gasteiger partial charge < -0.3 is 4.90 Å². The van der Waals surface area contributed by atoms with Crippen molar-refractivity contribution in [2.75, 3.05) is 11.3 Å². The predicted molar refractivity (Wildman–Crippen MR) is 123 cm³/mol. The number of nitrogens with one attached hydrogen (secondary N) is 1. The standard InChI is InChI=1S/C25H26N2O3S/c1-18-8-6-11-23(19(18)2)26-31(29,30)22-15-13-21(14-16-22)25(28)27-17-7-12-24(27)20-9-4-3-5-10-20/h3-6,8-11,13-16,24,26H,7,12,17H2,1-2H3. The zero-order chi connectivity index (χ0) is 22.0. The summed E-state index contributed by atoms with van der Waals surface area (Å²) in [6, 6.07) is 21.8. The third-order valence-electron chi connectivity index (χ3n) is 5.96. The van der Waals surface area contributed by atoms with Crippen LogP contribution in [0.4, 0.5) is 5.69 Å². The summed E-state index contributed by atoms with van der Waals surface area (Å²) in [4.78, 5) is 15.1. The van der Waals surface area contributed by atoms with Gasteiger partial charge in [0, 0.05) is 12.1 Å². The summed E-state index contributed by atoms with van der Waals surface area (Å²) in [5.41, 5.74) is 4.08. The number of amides is 1. The second-order valence-corrected chi connectivity index (χ2v) is 9.63. The van der Waals surface area contributed by atoms with Gasteiger partial charge in [-0.2, -0.15) is 0 Å². The van der Waals surface area contributed by atoms with Gasteiger partial charge in [0.05, 0.1) is 16.6 Å². The maximum Gasteiger partial charge on any atom is 0.261 e. The Hall–Kier alpha value is -3.12. The average Bonchev–Trinajstić information content (AvgIpc) is 3.27. The molecule has 1 unspecified atom stereocenters. The second kappa shape index (κ2) is 8.55. The molecule has 4 rings (SSSR count). The first-order valence-electron chi connectivity index (χ1n) is 10.4. The Morgan fingerprint density at radius 2 is 1.65 bits per heavy atom. The van der Waals surface area contributed by atoms with Crippen molar-refractivity contribution in [1.82, 2.24) is 4.90 Å². The molecule has 1 amide bonds. The van der Waals surface area contributed by atoms with Crippen LogP contribution in [0.2, 0.25) is 0 Å². The Labute approximate surface area is 183 Å². The van der Waals surface area contributed by atoms with Crippen molar-refractivity contribution >= 4 is 21.6 Å². The quantitative estimate of drug-likeness (QED) is 0.609. The van der Waals surface area contributed by atoms with E-state index in [0.717, 1.165) is 29.5 Å². The molecule has 3 aromatic carbocycles. The van der Waals surface area contributed by atoms with Crippen molar-refractivity contribution in [3.63, 3.8) is 0 Å². The highest BCUT2D eigenvalue weighted by molar-refractivity contribution is 7.92. The Bertz CT molecular complexity index is 1190. The van der Waals surface area contributed by atoms with E-state index in [-0.39, 0.29) is 16.8 Å². The van der Waals surface area contributed by atoms with Gasteiger partial charge in [0.15, 0.2) is 0 Å². The van der Waals surface area contributed by atoms with Gasteiger partial charge in [0.25, 0.3) is 15.9 Å². The van der Waals surface area contributed by atoms with Crippen LogP contribution in [0.5, 0.6) is 0 Å². The number of likely N-dealkylation sites (tertiary alicyclic amines) is 1. The number of carbonyl (C=O) groups excluding carboxylic acids is 1. The fourth-order valence-electron chi connectivity index (χ4n) is 4.04. The fourth-order valence-corrected chi connectivity index (χ4v) is 5.16. The molecule has 0 saturated carbocycles. The topological polar surface area (TPSA) is 66.5 Å². The van der Waals surface area contributed by atoms with Gasteiger partial charge in [-0.1, -0.05) is 42.5 Å². The van der Waals surface area contributed by atoms with Crippen LogP contribution in [-0.4, -0.2) is 25.8 Å². The third-order valence-corrected chi connectivity index (χ3v) is 7.34. The fraction of sp³-hybridized carbons (Fsp3) is 0.240. The molecule has 3 aromatic rings. The predicted octanol–water partition coefficient (Wildman–Crippen LogP) is 5.08. The highest BCUT2D eigenvalue weighted by Crippen LogP contribution is 2.33. The molecule has 1 aliphatic rings. The van der Waals surface area contributed by atoms with Gasteiger partial charge in [-0.3, -0.25) is 9.52 Å². The van der Waals surface area contributed by atoms with Gasteiger partial charge in [-0.15, -0.1) is 0 Å². The minimum Gasteiger partial charge on any atom is -0.332 e. The van der Waals surface area contributed by atoms with Gasteiger partial charge in [-0.05, 0) is 73.7 Å². The van der Waals surface area contributed by atoms with Crippen LogP contribution < -0.4 is 4.72 Å². The molecule has 1 aliphatic heterocycles. The first-order chi connectivity index (χ1) is 14.9. The number of anilines is 1. The van der Waals surface area contributed by atoms with E-state index in [0.29, 0.717) is 17.8 Å². The molecule has 1 saturated heterocycles. The summed E-state index contributed by atoms with van der Waals surface area (Å²) in [5, 5.41) is 0. The Morgan fingerprint density at radius 3 is 2.35 bits per heavy atom. The Balaban J connectivity index is 1.53. The van der Waals surface area contributed by atoms with Crippen LogP contribution in [0, 0.1) is 13.8 Å². The lowest BCUT2D eigenvalue weighted by Crippen LogP contribution is -2.30. The van der Waals surface area contributed by atoms with E-state index in [4.69, 9.17) is 0 Å². The van der Waals surface area contributed by atoms with Crippen molar-refractivity contribution in [2.45, 2.75) is 37.6 Å². The molecule has 31 heavy (non-hydrogen) atoms. The number of rotatable bonds is 5. The number of benzene rings is 3. The molecule has 1 N–H and O–H groups in total. The summed E-state index contributed by atoms with van der Waals surface area (Å²) in [5.74, 6) is -0.0715. The van der Waals surface area contributed by atoms with E-state index >= 15 is 0 Å². The maximum atomic E-state index is 13.1. The van der Waals surface area contributed by atoms with E-state index in [2.05, 4.69) is 4.72 Å². The minimum atomic E-state index is -3.74. The molecule has 0 radical (unpaired) electrons. The van der Waals surface area contributed by atoms with Crippen molar-refractivity contribution < 1.29 is 13.2 Å². The molecular weight excluding hydrogens is 408 g/mol. The van der Waals surface area contributed by atoms with E-state index < -0.39 is 10.0 Å². The maximum absolute atomic E-state index is 13.1. The van der Waals surface area contributed by atoms with Crippen LogP contribution in [0.15, 0.2) is 77.7 Å². The monoisotopic (exact) mass is 434 g/mol. The summed E-state index contributed by atoms with van der Waals surface area (Å²) in [6.07, 6.45) is 1.89. The molecule has 0 spiro atoms. The van der Waals surface area contributed by atoms with Gasteiger partial charge in [0.1, 0.15) is 0 Å². The van der Waals surface area contributed by atoms with Crippen LogP contribution in [-0.2, 0) is 10.0 Å². The second-order valence-electron chi connectivity index (χ2n) is 7.94. The van der Waals surface area contributed by atoms with Crippen molar-refractivity contribution in [3.05, 3.63) is 95.1 Å².